The van der Waals surface area contributed by atoms with Crippen LogP contribution in [-0.2, 0) is 4.79 Å². The average Bonchev–Trinajstić information content (AvgIpc) is 2.79. The molecule has 3 nitrogen and oxygen atoms in total. The van der Waals surface area contributed by atoms with Crippen LogP contribution in [0.2, 0.25) is 0 Å². The van der Waals surface area contributed by atoms with Crippen LogP contribution in [-0.4, -0.2) is 16.2 Å². The molecule has 0 spiro atoms. The van der Waals surface area contributed by atoms with Crippen LogP contribution in [0, 0.1) is 11.2 Å². The van der Waals surface area contributed by atoms with Crippen molar-refractivity contribution < 1.29 is 19.4 Å². The molecule has 92 valence electrons. The zero-order chi connectivity index (χ0) is 12.5. The first-order valence-corrected chi connectivity index (χ1v) is 5.74. The van der Waals surface area contributed by atoms with E-state index in [0.29, 0.717) is 12.8 Å². The summed E-state index contributed by atoms with van der Waals surface area (Å²) in [4.78, 5) is 11.4. The van der Waals surface area contributed by atoms with Gasteiger partial charge in [-0.25, -0.2) is 4.39 Å². The number of hydrogen-bond acceptors (Lipinski definition) is 2. The van der Waals surface area contributed by atoms with Gasteiger partial charge in [0.05, 0.1) is 11.5 Å². The van der Waals surface area contributed by atoms with Gasteiger partial charge in [0.25, 0.3) is 0 Å². The highest BCUT2D eigenvalue weighted by atomic mass is 19.1. The van der Waals surface area contributed by atoms with Gasteiger partial charge >= 0.3 is 5.97 Å². The number of aliphatic hydroxyl groups is 1. The molecule has 4 heteroatoms. The van der Waals surface area contributed by atoms with Crippen LogP contribution in [0.25, 0.3) is 0 Å². The van der Waals surface area contributed by atoms with Gasteiger partial charge in [0, 0.05) is 5.56 Å². The van der Waals surface area contributed by atoms with E-state index in [-0.39, 0.29) is 5.56 Å². The smallest absolute Gasteiger partial charge is 0.312 e. The van der Waals surface area contributed by atoms with Crippen LogP contribution in [0.5, 0.6) is 0 Å². The molecule has 0 heterocycles. The van der Waals surface area contributed by atoms with Crippen molar-refractivity contribution in [3.63, 3.8) is 0 Å². The third-order valence-corrected chi connectivity index (χ3v) is 3.64. The van der Waals surface area contributed by atoms with Crippen LogP contribution in [0.1, 0.15) is 37.4 Å². The van der Waals surface area contributed by atoms with E-state index in [1.165, 1.54) is 18.2 Å². The Morgan fingerprint density at radius 2 is 1.88 bits per heavy atom. The van der Waals surface area contributed by atoms with Crippen molar-refractivity contribution in [2.45, 2.75) is 31.8 Å². The number of aliphatic hydroxyl groups excluding tert-OH is 1. The van der Waals surface area contributed by atoms with Crippen molar-refractivity contribution in [2.75, 3.05) is 0 Å². The van der Waals surface area contributed by atoms with E-state index in [2.05, 4.69) is 0 Å². The summed E-state index contributed by atoms with van der Waals surface area (Å²) in [5, 5.41) is 19.5. The molecule has 0 saturated heterocycles. The Kier molecular flexibility index (Phi) is 3.15. The van der Waals surface area contributed by atoms with Crippen LogP contribution in [0.4, 0.5) is 4.39 Å². The maximum absolute atomic E-state index is 13.6. The molecule has 17 heavy (non-hydrogen) atoms. The maximum Gasteiger partial charge on any atom is 0.312 e. The molecule has 0 bridgehead atoms. The number of hydrogen-bond donors (Lipinski definition) is 2. The third kappa shape index (κ3) is 1.93. The topological polar surface area (TPSA) is 57.5 Å². The summed E-state index contributed by atoms with van der Waals surface area (Å²) >= 11 is 0. The summed E-state index contributed by atoms with van der Waals surface area (Å²) in [6.45, 7) is 0. The second-order valence-electron chi connectivity index (χ2n) is 4.59. The Labute approximate surface area is 98.9 Å². The zero-order valence-corrected chi connectivity index (χ0v) is 9.40. The number of carboxylic acids is 1. The van der Waals surface area contributed by atoms with Crippen LogP contribution < -0.4 is 0 Å². The fraction of sp³-hybridized carbons (Fsp3) is 0.462. The summed E-state index contributed by atoms with van der Waals surface area (Å²) in [5.41, 5.74) is -1.14. The van der Waals surface area contributed by atoms with Crippen molar-refractivity contribution in [3.05, 3.63) is 35.6 Å². The quantitative estimate of drug-likeness (QED) is 0.850. The predicted octanol–water partition coefficient (Wildman–Crippen LogP) is 2.50. The molecule has 1 aromatic carbocycles. The minimum absolute atomic E-state index is 0.0804. The van der Waals surface area contributed by atoms with E-state index in [1.807, 2.05) is 0 Å². The van der Waals surface area contributed by atoms with Gasteiger partial charge in [-0.2, -0.15) is 0 Å². The van der Waals surface area contributed by atoms with E-state index in [4.69, 9.17) is 0 Å². The highest BCUT2D eigenvalue weighted by molar-refractivity contribution is 5.76. The Bertz CT molecular complexity index is 424. The van der Waals surface area contributed by atoms with Crippen molar-refractivity contribution in [1.82, 2.24) is 0 Å². The molecule has 1 aromatic rings. The van der Waals surface area contributed by atoms with Crippen molar-refractivity contribution >= 4 is 5.97 Å². The number of carboxylic acid groups (broad SMARTS) is 1. The van der Waals surface area contributed by atoms with Gasteiger partial charge in [0.2, 0.25) is 0 Å². The number of rotatable bonds is 3. The molecule has 1 aliphatic rings. The first kappa shape index (κ1) is 12.0. The summed E-state index contributed by atoms with van der Waals surface area (Å²) in [6.07, 6.45) is 1.05. The lowest BCUT2D eigenvalue weighted by Gasteiger charge is -2.30. The Hall–Kier alpha value is -1.42. The molecule has 0 aromatic heterocycles. The van der Waals surface area contributed by atoms with Gasteiger partial charge in [0.15, 0.2) is 0 Å². The first-order chi connectivity index (χ1) is 8.08. The second kappa shape index (κ2) is 4.45. The lowest BCUT2D eigenvalue weighted by atomic mass is 9.77. The fourth-order valence-corrected chi connectivity index (χ4v) is 2.60. The van der Waals surface area contributed by atoms with Gasteiger partial charge < -0.3 is 10.2 Å². The third-order valence-electron chi connectivity index (χ3n) is 3.64. The number of carbonyl (C=O) groups is 1. The molecule has 0 amide bonds. The molecule has 1 fully saturated rings. The molecule has 0 radical (unpaired) electrons. The van der Waals surface area contributed by atoms with E-state index in [1.54, 1.807) is 6.07 Å². The van der Waals surface area contributed by atoms with Gasteiger partial charge in [-0.3, -0.25) is 4.79 Å². The summed E-state index contributed by atoms with van der Waals surface area (Å²) < 4.78 is 13.6. The number of aliphatic carboxylic acids is 1. The normalized spacial score (nSPS) is 20.1. The molecule has 0 aliphatic heterocycles. The highest BCUT2D eigenvalue weighted by Gasteiger charge is 2.48. The lowest BCUT2D eigenvalue weighted by Crippen LogP contribution is -2.35. The maximum atomic E-state index is 13.6. The molecule has 2 N–H and O–H groups in total. The Balaban J connectivity index is 2.38. The van der Waals surface area contributed by atoms with Gasteiger partial charge in [0.1, 0.15) is 5.82 Å². The number of halogens is 1. The van der Waals surface area contributed by atoms with E-state index >= 15 is 0 Å². The summed E-state index contributed by atoms with van der Waals surface area (Å²) in [5.74, 6) is -1.58. The van der Waals surface area contributed by atoms with Gasteiger partial charge in [-0.05, 0) is 18.9 Å². The van der Waals surface area contributed by atoms with Crippen LogP contribution >= 0.6 is 0 Å². The van der Waals surface area contributed by atoms with Crippen LogP contribution in [0.3, 0.4) is 0 Å². The molecule has 1 unspecified atom stereocenters. The molecule has 2 rings (SSSR count). The predicted molar refractivity (Wildman–Crippen MR) is 59.9 cm³/mol. The Morgan fingerprint density at radius 1 is 1.29 bits per heavy atom. The van der Waals surface area contributed by atoms with Crippen LogP contribution in [0.15, 0.2) is 24.3 Å². The molecular weight excluding hydrogens is 223 g/mol. The van der Waals surface area contributed by atoms with Crippen molar-refractivity contribution in [1.29, 1.82) is 0 Å². The van der Waals surface area contributed by atoms with E-state index in [0.717, 1.165) is 12.8 Å². The van der Waals surface area contributed by atoms with Crippen molar-refractivity contribution in [2.24, 2.45) is 5.41 Å². The van der Waals surface area contributed by atoms with Gasteiger partial charge in [-0.1, -0.05) is 31.0 Å². The lowest BCUT2D eigenvalue weighted by molar-refractivity contribution is -0.156. The van der Waals surface area contributed by atoms with Crippen molar-refractivity contribution in [3.8, 4) is 0 Å². The fourth-order valence-electron chi connectivity index (χ4n) is 2.60. The average molecular weight is 238 g/mol. The molecular formula is C13H15FO3. The number of benzene rings is 1. The van der Waals surface area contributed by atoms with Gasteiger partial charge in [-0.15, -0.1) is 0 Å². The zero-order valence-electron chi connectivity index (χ0n) is 9.40. The standard InChI is InChI=1S/C13H15FO3/c14-10-6-2-1-5-9(10)11(15)13(12(16)17)7-3-4-8-13/h1-2,5-6,11,15H,3-4,7-8H2,(H,16,17). The van der Waals surface area contributed by atoms with E-state index < -0.39 is 23.3 Å². The summed E-state index contributed by atoms with van der Waals surface area (Å²) in [6, 6.07) is 5.81. The van der Waals surface area contributed by atoms with E-state index in [9.17, 15) is 19.4 Å². The Morgan fingerprint density at radius 3 is 2.41 bits per heavy atom. The summed E-state index contributed by atoms with van der Waals surface area (Å²) in [7, 11) is 0. The SMILES string of the molecule is O=C(O)C1(C(O)c2ccccc2F)CCCC1. The second-order valence-corrected chi connectivity index (χ2v) is 4.59. The highest BCUT2D eigenvalue weighted by Crippen LogP contribution is 2.48. The largest absolute Gasteiger partial charge is 0.481 e. The molecule has 1 atom stereocenters. The minimum Gasteiger partial charge on any atom is -0.481 e. The monoisotopic (exact) mass is 238 g/mol. The first-order valence-electron chi connectivity index (χ1n) is 5.74. The minimum atomic E-state index is -1.27. The molecule has 1 saturated carbocycles. The molecule has 1 aliphatic carbocycles.